The molecule has 8 heteroatoms. The molecule has 1 heterocycles. The third-order valence-electron chi connectivity index (χ3n) is 3.90. The molecule has 1 atom stereocenters. The van der Waals surface area contributed by atoms with Crippen LogP contribution < -0.4 is 10.1 Å². The first-order chi connectivity index (χ1) is 9.97. The topological polar surface area (TPSA) is 24.5 Å². The van der Waals surface area contributed by atoms with Crippen molar-refractivity contribution in [2.75, 3.05) is 33.3 Å². The molecule has 0 unspecified atom stereocenters. The van der Waals surface area contributed by atoms with E-state index in [0.717, 1.165) is 50.3 Å². The second-order valence-electron chi connectivity index (χ2n) is 5.16. The van der Waals surface area contributed by atoms with Crippen molar-refractivity contribution < 1.29 is 17.9 Å². The van der Waals surface area contributed by atoms with E-state index >= 15 is 0 Å². The first-order valence-corrected chi connectivity index (χ1v) is 7.17. The molecule has 23 heavy (non-hydrogen) atoms. The number of piperazine rings is 1. The Morgan fingerprint density at radius 3 is 2.30 bits per heavy atom. The lowest BCUT2D eigenvalue weighted by molar-refractivity contribution is -0.137. The van der Waals surface area contributed by atoms with Crippen LogP contribution in [0.25, 0.3) is 0 Å². The van der Waals surface area contributed by atoms with Crippen molar-refractivity contribution in [1.29, 1.82) is 0 Å². The highest BCUT2D eigenvalue weighted by Crippen LogP contribution is 2.37. The quantitative estimate of drug-likeness (QED) is 0.864. The minimum atomic E-state index is -4.34. The molecule has 134 valence electrons. The average molecular weight is 375 g/mol. The lowest BCUT2D eigenvalue weighted by Gasteiger charge is -2.35. The van der Waals surface area contributed by atoms with E-state index in [1.165, 1.54) is 7.11 Å². The zero-order valence-corrected chi connectivity index (χ0v) is 14.8. The SMILES string of the molecule is CC[C@@H](c1ccc(C(F)(F)F)cc1OC)N1CCNCC1.Cl.Cl. The number of nitrogens with zero attached hydrogens (tertiary/aromatic N) is 1. The first kappa shape index (κ1) is 22.3. The van der Waals surface area contributed by atoms with E-state index in [1.54, 1.807) is 6.07 Å². The molecule has 1 N–H and O–H groups in total. The van der Waals surface area contributed by atoms with Crippen LogP contribution in [-0.2, 0) is 6.18 Å². The van der Waals surface area contributed by atoms with E-state index in [0.29, 0.717) is 5.75 Å². The van der Waals surface area contributed by atoms with Crippen LogP contribution in [0, 0.1) is 0 Å². The number of halogens is 5. The highest BCUT2D eigenvalue weighted by molar-refractivity contribution is 5.85. The van der Waals surface area contributed by atoms with E-state index in [1.807, 2.05) is 6.92 Å². The third-order valence-corrected chi connectivity index (χ3v) is 3.90. The fourth-order valence-corrected chi connectivity index (χ4v) is 2.83. The van der Waals surface area contributed by atoms with E-state index < -0.39 is 11.7 Å². The van der Waals surface area contributed by atoms with Gasteiger partial charge in [0.2, 0.25) is 0 Å². The maximum Gasteiger partial charge on any atom is 0.416 e. The van der Waals surface area contributed by atoms with Gasteiger partial charge in [-0.15, -0.1) is 24.8 Å². The Morgan fingerprint density at radius 2 is 1.83 bits per heavy atom. The Hall–Kier alpha value is -0.690. The number of benzene rings is 1. The number of nitrogens with one attached hydrogen (secondary N) is 1. The minimum Gasteiger partial charge on any atom is -0.496 e. The standard InChI is InChI=1S/C15H21F3N2O.2ClH/c1-3-13(20-8-6-19-7-9-20)12-5-4-11(15(16,17)18)10-14(12)21-2;;/h4-5,10,13,19H,3,6-9H2,1-2H3;2*1H/t13-;;/m0../s1. The van der Waals surface area contributed by atoms with Crippen molar-refractivity contribution in [1.82, 2.24) is 10.2 Å². The number of hydrogen-bond acceptors (Lipinski definition) is 3. The molecule has 1 saturated heterocycles. The van der Waals surface area contributed by atoms with Gasteiger partial charge in [-0.3, -0.25) is 4.90 Å². The van der Waals surface area contributed by atoms with Gasteiger partial charge >= 0.3 is 6.18 Å². The number of methoxy groups -OCH3 is 1. The van der Waals surface area contributed by atoms with Gasteiger partial charge in [-0.2, -0.15) is 13.2 Å². The van der Waals surface area contributed by atoms with Crippen LogP contribution in [0.15, 0.2) is 18.2 Å². The number of rotatable bonds is 4. The Balaban J connectivity index is 0.00000242. The summed E-state index contributed by atoms with van der Waals surface area (Å²) < 4.78 is 43.6. The van der Waals surface area contributed by atoms with E-state index in [2.05, 4.69) is 10.2 Å². The van der Waals surface area contributed by atoms with Crippen LogP contribution in [0.4, 0.5) is 13.2 Å². The van der Waals surface area contributed by atoms with Gasteiger partial charge in [0, 0.05) is 37.8 Å². The molecule has 3 nitrogen and oxygen atoms in total. The normalized spacial score (nSPS) is 16.9. The minimum absolute atomic E-state index is 0. The first-order valence-electron chi connectivity index (χ1n) is 7.17. The molecule has 1 aromatic carbocycles. The van der Waals surface area contributed by atoms with Crippen LogP contribution >= 0.6 is 24.8 Å². The molecular weight excluding hydrogens is 352 g/mol. The molecule has 0 bridgehead atoms. The lowest BCUT2D eigenvalue weighted by atomic mass is 9.99. The molecule has 2 rings (SSSR count). The summed E-state index contributed by atoms with van der Waals surface area (Å²) in [4.78, 5) is 2.29. The molecule has 1 aliphatic heterocycles. The maximum atomic E-state index is 12.8. The van der Waals surface area contributed by atoms with Gasteiger partial charge in [0.05, 0.1) is 12.7 Å². The highest BCUT2D eigenvalue weighted by atomic mass is 35.5. The van der Waals surface area contributed by atoms with Crippen LogP contribution in [-0.4, -0.2) is 38.2 Å². The Labute approximate surface area is 147 Å². The van der Waals surface area contributed by atoms with Crippen molar-refractivity contribution in [2.45, 2.75) is 25.6 Å². The van der Waals surface area contributed by atoms with Gasteiger partial charge < -0.3 is 10.1 Å². The molecule has 0 aromatic heterocycles. The second kappa shape index (κ2) is 9.57. The molecule has 1 aromatic rings. The Bertz CT molecular complexity index is 480. The van der Waals surface area contributed by atoms with Gasteiger partial charge in [-0.1, -0.05) is 13.0 Å². The summed E-state index contributed by atoms with van der Waals surface area (Å²) in [6.45, 7) is 5.63. The highest BCUT2D eigenvalue weighted by Gasteiger charge is 2.32. The smallest absolute Gasteiger partial charge is 0.416 e. The molecular formula is C15H23Cl2F3N2O. The van der Waals surface area contributed by atoms with Crippen molar-refractivity contribution in [3.63, 3.8) is 0 Å². The molecule has 0 amide bonds. The monoisotopic (exact) mass is 374 g/mol. The summed E-state index contributed by atoms with van der Waals surface area (Å²) in [7, 11) is 1.42. The zero-order valence-electron chi connectivity index (χ0n) is 13.2. The number of ether oxygens (including phenoxy) is 1. The molecule has 0 aliphatic carbocycles. The van der Waals surface area contributed by atoms with Gasteiger partial charge in [0.1, 0.15) is 5.75 Å². The molecule has 0 saturated carbocycles. The van der Waals surface area contributed by atoms with Gasteiger partial charge in [0.25, 0.3) is 0 Å². The van der Waals surface area contributed by atoms with Crippen LogP contribution in [0.2, 0.25) is 0 Å². The summed E-state index contributed by atoms with van der Waals surface area (Å²) in [5.74, 6) is 0.315. The summed E-state index contributed by atoms with van der Waals surface area (Å²) in [5.41, 5.74) is 0.160. The predicted octanol–water partition coefficient (Wildman–Crippen LogP) is 3.91. The molecule has 0 radical (unpaired) electrons. The van der Waals surface area contributed by atoms with Crippen LogP contribution in [0.1, 0.15) is 30.5 Å². The van der Waals surface area contributed by atoms with E-state index in [-0.39, 0.29) is 30.9 Å². The average Bonchev–Trinajstić information content (AvgIpc) is 2.48. The lowest BCUT2D eigenvalue weighted by Crippen LogP contribution is -2.45. The summed E-state index contributed by atoms with van der Waals surface area (Å²) in [5, 5.41) is 3.28. The maximum absolute atomic E-state index is 12.8. The van der Waals surface area contributed by atoms with Crippen molar-refractivity contribution in [3.05, 3.63) is 29.3 Å². The van der Waals surface area contributed by atoms with Crippen molar-refractivity contribution in [2.24, 2.45) is 0 Å². The summed E-state index contributed by atoms with van der Waals surface area (Å²) in [6.07, 6.45) is -3.51. The van der Waals surface area contributed by atoms with E-state index in [4.69, 9.17) is 4.74 Å². The summed E-state index contributed by atoms with van der Waals surface area (Å²) in [6, 6.07) is 3.88. The number of hydrogen-bond donors (Lipinski definition) is 1. The fourth-order valence-electron chi connectivity index (χ4n) is 2.83. The van der Waals surface area contributed by atoms with Gasteiger partial charge in [-0.25, -0.2) is 0 Å². The Kier molecular flexibility index (Phi) is 9.28. The van der Waals surface area contributed by atoms with E-state index in [9.17, 15) is 13.2 Å². The van der Waals surface area contributed by atoms with Crippen molar-refractivity contribution in [3.8, 4) is 5.75 Å². The van der Waals surface area contributed by atoms with Crippen LogP contribution in [0.3, 0.4) is 0 Å². The molecule has 1 fully saturated rings. The van der Waals surface area contributed by atoms with Gasteiger partial charge in [-0.05, 0) is 18.6 Å². The largest absolute Gasteiger partial charge is 0.496 e. The second-order valence-corrected chi connectivity index (χ2v) is 5.16. The predicted molar refractivity (Wildman–Crippen MR) is 90.0 cm³/mol. The van der Waals surface area contributed by atoms with Crippen molar-refractivity contribution >= 4 is 24.8 Å². The fraction of sp³-hybridized carbons (Fsp3) is 0.600. The molecule has 1 aliphatic rings. The zero-order chi connectivity index (χ0) is 15.5. The van der Waals surface area contributed by atoms with Crippen LogP contribution in [0.5, 0.6) is 5.75 Å². The van der Waals surface area contributed by atoms with Gasteiger partial charge in [0.15, 0.2) is 0 Å². The molecule has 0 spiro atoms. The summed E-state index contributed by atoms with van der Waals surface area (Å²) >= 11 is 0. The third kappa shape index (κ3) is 5.41. The Morgan fingerprint density at radius 1 is 1.22 bits per heavy atom. The number of alkyl halides is 3.